The van der Waals surface area contributed by atoms with Crippen LogP contribution in [0.4, 0.5) is 19.1 Å². The van der Waals surface area contributed by atoms with Gasteiger partial charge in [-0.15, -0.1) is 13.2 Å². The van der Waals surface area contributed by atoms with Gasteiger partial charge in [-0.1, -0.05) is 35.3 Å². The summed E-state index contributed by atoms with van der Waals surface area (Å²) in [6.07, 6.45) is -3.28. The number of imidazole rings is 1. The van der Waals surface area contributed by atoms with Gasteiger partial charge in [0, 0.05) is 31.3 Å². The zero-order valence-electron chi connectivity index (χ0n) is 24.9. The van der Waals surface area contributed by atoms with Crippen LogP contribution in [0, 0.1) is 0 Å². The largest absolute Gasteiger partial charge is 0.573 e. The normalized spacial score (nSPS) is 15.2. The Morgan fingerprint density at radius 2 is 1.80 bits per heavy atom. The van der Waals surface area contributed by atoms with Crippen LogP contribution < -0.4 is 20.9 Å². The zero-order valence-corrected chi connectivity index (χ0v) is 26.5. The molecule has 1 aliphatic rings. The number of aromatic nitrogens is 4. The van der Waals surface area contributed by atoms with Crippen molar-refractivity contribution in [1.29, 1.82) is 0 Å². The third kappa shape index (κ3) is 6.53. The number of carbonyl (C=O) groups is 2. The van der Waals surface area contributed by atoms with Crippen LogP contribution in [-0.2, 0) is 20.0 Å². The summed E-state index contributed by atoms with van der Waals surface area (Å²) in [7, 11) is 3.03. The van der Waals surface area contributed by atoms with E-state index in [-0.39, 0.29) is 53.3 Å². The number of fused-ring (bicyclic) bond motifs is 1. The third-order valence-electron chi connectivity index (χ3n) is 7.62. The molecule has 0 aliphatic carbocycles. The van der Waals surface area contributed by atoms with Gasteiger partial charge in [0.25, 0.3) is 17.4 Å². The van der Waals surface area contributed by atoms with Gasteiger partial charge in [0.05, 0.1) is 34.5 Å². The molecule has 0 bridgehead atoms. The summed E-state index contributed by atoms with van der Waals surface area (Å²) in [4.78, 5) is 50.7. The standard InChI is InChI=1S/C30H28Cl2F3N7O4/c1-15-11-20-23(14-41(15)27(44)18-7-10-21(31)22(32)12-18)39-29(38-16(2)17-5-8-19(9-6-17)46-30(33,34)35)42(28(20)45)24-13-37-25(40(24)4)26(43)36-3/h5-10,12-13,15-16H,11,14H2,1-4H3,(H,36,43)(H,38,39)/t15-,16+/m1/s1. The maximum atomic E-state index is 14.2. The molecule has 2 aromatic heterocycles. The van der Waals surface area contributed by atoms with E-state index in [1.165, 1.54) is 58.8 Å². The summed E-state index contributed by atoms with van der Waals surface area (Å²) in [5.74, 6) is -0.826. The molecule has 0 saturated carbocycles. The highest BCUT2D eigenvalue weighted by atomic mass is 35.5. The van der Waals surface area contributed by atoms with Gasteiger partial charge >= 0.3 is 6.36 Å². The minimum atomic E-state index is -4.84. The van der Waals surface area contributed by atoms with Gasteiger partial charge in [0.1, 0.15) is 11.6 Å². The van der Waals surface area contributed by atoms with E-state index in [1.807, 2.05) is 6.92 Å². The van der Waals surface area contributed by atoms with Crippen LogP contribution in [0.2, 0.25) is 10.0 Å². The minimum absolute atomic E-state index is 0.00702. The number of benzene rings is 2. The number of nitrogens with zero attached hydrogens (tertiary/aromatic N) is 5. The minimum Gasteiger partial charge on any atom is -0.406 e. The lowest BCUT2D eigenvalue weighted by Gasteiger charge is -2.35. The van der Waals surface area contributed by atoms with Gasteiger partial charge in [-0.25, -0.2) is 14.5 Å². The SMILES string of the molecule is CNC(=O)c1ncc(-n2c(N[C@@H](C)c3ccc(OC(F)(F)F)cc3)nc3c(c2=O)C[C@@H](C)N(C(=O)c2ccc(Cl)c(Cl)c2)C3)n1C. The van der Waals surface area contributed by atoms with Crippen LogP contribution in [0.1, 0.15) is 57.7 Å². The van der Waals surface area contributed by atoms with E-state index in [4.69, 9.17) is 28.2 Å². The van der Waals surface area contributed by atoms with Crippen molar-refractivity contribution in [2.45, 2.75) is 45.3 Å². The fourth-order valence-corrected chi connectivity index (χ4v) is 5.50. The number of alkyl halides is 3. The first-order chi connectivity index (χ1) is 21.7. The maximum Gasteiger partial charge on any atom is 0.573 e. The summed E-state index contributed by atoms with van der Waals surface area (Å²) in [5, 5.41) is 6.21. The number of amides is 2. The highest BCUT2D eigenvalue weighted by Crippen LogP contribution is 2.29. The second-order valence-corrected chi connectivity index (χ2v) is 11.5. The average molecular weight is 678 g/mol. The van der Waals surface area contributed by atoms with Crippen LogP contribution in [0.15, 0.2) is 53.5 Å². The maximum absolute atomic E-state index is 14.2. The number of ether oxygens (including phenoxy) is 1. The van der Waals surface area contributed by atoms with Crippen LogP contribution in [0.3, 0.4) is 0 Å². The Kier molecular flexibility index (Phi) is 9.05. The first kappa shape index (κ1) is 32.8. The average Bonchev–Trinajstić information content (AvgIpc) is 3.38. The molecular weight excluding hydrogens is 650 g/mol. The summed E-state index contributed by atoms with van der Waals surface area (Å²) in [5.41, 5.74) is 1.17. The Morgan fingerprint density at radius 3 is 2.43 bits per heavy atom. The highest BCUT2D eigenvalue weighted by molar-refractivity contribution is 6.42. The van der Waals surface area contributed by atoms with Crippen molar-refractivity contribution in [2.75, 3.05) is 12.4 Å². The van der Waals surface area contributed by atoms with Gasteiger partial charge < -0.3 is 24.8 Å². The molecule has 2 N–H and O–H groups in total. The fourth-order valence-electron chi connectivity index (χ4n) is 5.20. The van der Waals surface area contributed by atoms with Gasteiger partial charge in [-0.2, -0.15) is 0 Å². The molecule has 5 rings (SSSR count). The molecule has 2 atom stereocenters. The van der Waals surface area contributed by atoms with Crippen molar-refractivity contribution in [1.82, 2.24) is 29.3 Å². The van der Waals surface area contributed by atoms with E-state index >= 15 is 0 Å². The van der Waals surface area contributed by atoms with Crippen LogP contribution in [-0.4, -0.2) is 55.3 Å². The third-order valence-corrected chi connectivity index (χ3v) is 8.36. The lowest BCUT2D eigenvalue weighted by atomic mass is 9.98. The molecule has 16 heteroatoms. The van der Waals surface area contributed by atoms with E-state index in [0.29, 0.717) is 27.4 Å². The molecule has 2 amide bonds. The Hall–Kier alpha value is -4.56. The van der Waals surface area contributed by atoms with E-state index in [0.717, 1.165) is 0 Å². The molecule has 0 unspecified atom stereocenters. The zero-order chi connectivity index (χ0) is 33.5. The van der Waals surface area contributed by atoms with Crippen molar-refractivity contribution < 1.29 is 27.5 Å². The second-order valence-electron chi connectivity index (χ2n) is 10.7. The van der Waals surface area contributed by atoms with E-state index < -0.39 is 23.9 Å². The summed E-state index contributed by atoms with van der Waals surface area (Å²) in [6, 6.07) is 8.88. The molecule has 0 spiro atoms. The van der Waals surface area contributed by atoms with Gasteiger partial charge in [-0.05, 0) is 56.2 Å². The number of rotatable bonds is 7. The number of nitrogens with one attached hydrogen (secondary N) is 2. The predicted molar refractivity (Wildman–Crippen MR) is 165 cm³/mol. The molecule has 242 valence electrons. The first-order valence-electron chi connectivity index (χ1n) is 14.0. The number of hydrogen-bond acceptors (Lipinski definition) is 7. The van der Waals surface area contributed by atoms with Crippen molar-refractivity contribution >= 4 is 41.0 Å². The van der Waals surface area contributed by atoms with Gasteiger partial charge in [0.2, 0.25) is 5.95 Å². The summed E-state index contributed by atoms with van der Waals surface area (Å²) >= 11 is 12.2. The quantitative estimate of drug-likeness (QED) is 0.272. The molecule has 3 heterocycles. The van der Waals surface area contributed by atoms with Crippen LogP contribution in [0.25, 0.3) is 5.82 Å². The Bertz CT molecular complexity index is 1880. The van der Waals surface area contributed by atoms with Crippen molar-refractivity contribution in [2.24, 2.45) is 7.05 Å². The Morgan fingerprint density at radius 1 is 1.11 bits per heavy atom. The molecule has 1 aliphatic heterocycles. The predicted octanol–water partition coefficient (Wildman–Crippen LogP) is 5.29. The molecule has 0 radical (unpaired) electrons. The van der Waals surface area contributed by atoms with Crippen molar-refractivity contribution in [3.05, 3.63) is 97.3 Å². The Balaban J connectivity index is 1.56. The van der Waals surface area contributed by atoms with Gasteiger partial charge in [0.15, 0.2) is 5.82 Å². The van der Waals surface area contributed by atoms with Gasteiger partial charge in [-0.3, -0.25) is 14.4 Å². The molecule has 0 fully saturated rings. The fraction of sp³-hybridized carbons (Fsp3) is 0.300. The molecule has 11 nitrogen and oxygen atoms in total. The second kappa shape index (κ2) is 12.7. The first-order valence-corrected chi connectivity index (χ1v) is 14.7. The van der Waals surface area contributed by atoms with Crippen molar-refractivity contribution in [3.8, 4) is 11.6 Å². The molecular formula is C30H28Cl2F3N7O4. The van der Waals surface area contributed by atoms with Crippen molar-refractivity contribution in [3.63, 3.8) is 0 Å². The van der Waals surface area contributed by atoms with E-state index in [9.17, 15) is 27.6 Å². The number of carbonyl (C=O) groups excluding carboxylic acids is 2. The van der Waals surface area contributed by atoms with Crippen LogP contribution in [0.5, 0.6) is 5.75 Å². The lowest BCUT2D eigenvalue weighted by molar-refractivity contribution is -0.274. The summed E-state index contributed by atoms with van der Waals surface area (Å²) in [6.45, 7) is 3.56. The number of anilines is 1. The molecule has 46 heavy (non-hydrogen) atoms. The molecule has 0 saturated heterocycles. The highest BCUT2D eigenvalue weighted by Gasteiger charge is 2.33. The molecule has 4 aromatic rings. The van der Waals surface area contributed by atoms with Crippen LogP contribution >= 0.6 is 23.2 Å². The Labute approximate surface area is 270 Å². The smallest absolute Gasteiger partial charge is 0.406 e. The summed E-state index contributed by atoms with van der Waals surface area (Å²) < 4.78 is 44.7. The van der Waals surface area contributed by atoms with E-state index in [2.05, 4.69) is 20.4 Å². The number of halogens is 5. The topological polar surface area (TPSA) is 123 Å². The molecule has 2 aromatic carbocycles. The lowest BCUT2D eigenvalue weighted by Crippen LogP contribution is -2.46. The van der Waals surface area contributed by atoms with E-state index in [1.54, 1.807) is 24.9 Å². The monoisotopic (exact) mass is 677 g/mol. The number of hydrogen-bond donors (Lipinski definition) is 2.